The molecule has 0 saturated carbocycles. The summed E-state index contributed by atoms with van der Waals surface area (Å²) in [5.41, 5.74) is 3.19. The minimum Gasteiger partial charge on any atom is -0.478 e. The third-order valence-electron chi connectivity index (χ3n) is 4.58. The summed E-state index contributed by atoms with van der Waals surface area (Å²) in [5.74, 6) is -0.875. The van der Waals surface area contributed by atoms with Crippen LogP contribution in [-0.2, 0) is 4.74 Å². The summed E-state index contributed by atoms with van der Waals surface area (Å²) >= 11 is 3.51. The second-order valence-corrected chi connectivity index (χ2v) is 6.81. The maximum atomic E-state index is 11.7. The number of carboxylic acid groups (broad SMARTS) is 1. The van der Waals surface area contributed by atoms with E-state index < -0.39 is 5.97 Å². The van der Waals surface area contributed by atoms with E-state index in [2.05, 4.69) is 32.2 Å². The van der Waals surface area contributed by atoms with Gasteiger partial charge in [0.25, 0.3) is 0 Å². The van der Waals surface area contributed by atoms with E-state index in [-0.39, 0.29) is 6.04 Å². The summed E-state index contributed by atoms with van der Waals surface area (Å²) < 4.78 is 8.54. The Labute approximate surface area is 144 Å². The van der Waals surface area contributed by atoms with Crippen molar-refractivity contribution in [1.82, 2.24) is 9.30 Å². The van der Waals surface area contributed by atoms with Gasteiger partial charge in [0.05, 0.1) is 24.8 Å². The molecule has 0 aliphatic carbocycles. The monoisotopic (exact) mass is 380 g/mol. The van der Waals surface area contributed by atoms with Crippen molar-refractivity contribution in [3.63, 3.8) is 0 Å². The van der Waals surface area contributed by atoms with Gasteiger partial charge in [-0.05, 0) is 47.0 Å². The molecule has 0 aromatic carbocycles. The molecule has 23 heavy (non-hydrogen) atoms. The molecular formula is C17H21BrN2O3. The molecule has 1 N–H and O–H groups in total. The van der Waals surface area contributed by atoms with E-state index in [1.54, 1.807) is 6.07 Å². The van der Waals surface area contributed by atoms with Gasteiger partial charge in [0.2, 0.25) is 0 Å². The minimum atomic E-state index is -0.875. The van der Waals surface area contributed by atoms with Gasteiger partial charge in [0, 0.05) is 35.0 Å². The normalized spacial score (nSPS) is 17.5. The van der Waals surface area contributed by atoms with Gasteiger partial charge in [-0.3, -0.25) is 4.90 Å². The lowest BCUT2D eigenvalue weighted by Crippen LogP contribution is -2.39. The molecular weight excluding hydrogens is 360 g/mol. The third-order valence-corrected chi connectivity index (χ3v) is 5.01. The Hall–Kier alpha value is -1.37. The number of aromatic carboxylic acids is 1. The molecule has 1 saturated heterocycles. The molecule has 1 atom stereocenters. The van der Waals surface area contributed by atoms with Crippen molar-refractivity contribution in [2.75, 3.05) is 26.3 Å². The van der Waals surface area contributed by atoms with Crippen molar-refractivity contribution in [3.8, 4) is 0 Å². The Bertz CT molecular complexity index is 735. The highest BCUT2D eigenvalue weighted by atomic mass is 79.9. The van der Waals surface area contributed by atoms with Gasteiger partial charge in [-0.15, -0.1) is 0 Å². The van der Waals surface area contributed by atoms with Crippen molar-refractivity contribution in [2.45, 2.75) is 26.3 Å². The first-order valence-electron chi connectivity index (χ1n) is 7.89. The number of hydrogen-bond donors (Lipinski definition) is 1. The summed E-state index contributed by atoms with van der Waals surface area (Å²) in [5, 5.41) is 9.57. The summed E-state index contributed by atoms with van der Waals surface area (Å²) in [7, 11) is 0. The fourth-order valence-electron chi connectivity index (χ4n) is 3.49. The molecule has 0 amide bonds. The quantitative estimate of drug-likeness (QED) is 0.881. The summed E-state index contributed by atoms with van der Waals surface area (Å²) in [6, 6.07) is 3.89. The zero-order valence-electron chi connectivity index (χ0n) is 13.4. The zero-order valence-corrected chi connectivity index (χ0v) is 15.0. The van der Waals surface area contributed by atoms with E-state index in [9.17, 15) is 9.90 Å². The summed E-state index contributed by atoms with van der Waals surface area (Å²) in [6.07, 6.45) is 2.95. The number of fused-ring (bicyclic) bond motifs is 1. The van der Waals surface area contributed by atoms with Crippen LogP contribution in [0.25, 0.3) is 5.52 Å². The van der Waals surface area contributed by atoms with Crippen LogP contribution in [0.15, 0.2) is 22.8 Å². The molecule has 1 aliphatic heterocycles. The highest BCUT2D eigenvalue weighted by Crippen LogP contribution is 2.32. The molecule has 3 rings (SSSR count). The van der Waals surface area contributed by atoms with Crippen LogP contribution < -0.4 is 0 Å². The van der Waals surface area contributed by atoms with Crippen LogP contribution in [0.4, 0.5) is 0 Å². The highest BCUT2D eigenvalue weighted by Gasteiger charge is 2.27. The topological polar surface area (TPSA) is 54.2 Å². The van der Waals surface area contributed by atoms with E-state index >= 15 is 0 Å². The second-order valence-electron chi connectivity index (χ2n) is 5.90. The average Bonchev–Trinajstić information content (AvgIpc) is 2.90. The number of ether oxygens (including phenoxy) is 1. The van der Waals surface area contributed by atoms with Gasteiger partial charge in [-0.25, -0.2) is 4.79 Å². The van der Waals surface area contributed by atoms with E-state index in [0.717, 1.165) is 54.0 Å². The number of carboxylic acids is 1. The number of nitrogens with zero attached hydrogens (tertiary/aromatic N) is 2. The van der Waals surface area contributed by atoms with E-state index in [4.69, 9.17) is 4.74 Å². The molecule has 0 bridgehead atoms. The number of aromatic nitrogens is 1. The van der Waals surface area contributed by atoms with Gasteiger partial charge in [0.1, 0.15) is 0 Å². The first-order chi connectivity index (χ1) is 11.0. The Balaban J connectivity index is 2.20. The second kappa shape index (κ2) is 6.63. The summed E-state index contributed by atoms with van der Waals surface area (Å²) in [6.45, 7) is 7.27. The average molecular weight is 381 g/mol. The van der Waals surface area contributed by atoms with Gasteiger partial charge in [-0.1, -0.05) is 6.92 Å². The molecule has 124 valence electrons. The standard InChI is InChI=1S/C17H21BrN2O3/c1-3-15(19-4-6-23-7-5-19)16-11(2)14(17(21)22)9-13-8-12(18)10-20(13)16/h8-10,15H,3-7H2,1-2H3,(H,21,22). The lowest BCUT2D eigenvalue weighted by Gasteiger charge is -2.35. The smallest absolute Gasteiger partial charge is 0.336 e. The SMILES string of the molecule is CCC(c1c(C)c(C(=O)O)cc2cc(Br)cn12)N1CCOCC1. The van der Waals surface area contributed by atoms with Crippen LogP contribution in [0.2, 0.25) is 0 Å². The van der Waals surface area contributed by atoms with Gasteiger partial charge in [-0.2, -0.15) is 0 Å². The fraction of sp³-hybridized carbons (Fsp3) is 0.471. The highest BCUT2D eigenvalue weighted by molar-refractivity contribution is 9.10. The maximum Gasteiger partial charge on any atom is 0.336 e. The maximum absolute atomic E-state index is 11.7. The largest absolute Gasteiger partial charge is 0.478 e. The molecule has 1 fully saturated rings. The predicted molar refractivity (Wildman–Crippen MR) is 92.2 cm³/mol. The molecule has 0 spiro atoms. The van der Waals surface area contributed by atoms with Crippen LogP contribution in [0, 0.1) is 6.92 Å². The molecule has 3 heterocycles. The molecule has 2 aromatic rings. The zero-order chi connectivity index (χ0) is 16.6. The van der Waals surface area contributed by atoms with E-state index in [1.807, 2.05) is 19.2 Å². The minimum absolute atomic E-state index is 0.181. The van der Waals surface area contributed by atoms with Gasteiger partial charge in [0.15, 0.2) is 0 Å². The third kappa shape index (κ3) is 3.03. The first-order valence-corrected chi connectivity index (χ1v) is 8.68. The van der Waals surface area contributed by atoms with Crippen molar-refractivity contribution >= 4 is 27.4 Å². The Morgan fingerprint density at radius 2 is 2.09 bits per heavy atom. The molecule has 1 unspecified atom stereocenters. The van der Waals surface area contributed by atoms with Crippen molar-refractivity contribution in [1.29, 1.82) is 0 Å². The van der Waals surface area contributed by atoms with Crippen molar-refractivity contribution in [2.24, 2.45) is 0 Å². The van der Waals surface area contributed by atoms with E-state index in [0.29, 0.717) is 5.56 Å². The Morgan fingerprint density at radius 1 is 1.39 bits per heavy atom. The van der Waals surface area contributed by atoms with Crippen LogP contribution in [0.5, 0.6) is 0 Å². The number of pyridine rings is 1. The fourth-order valence-corrected chi connectivity index (χ4v) is 3.93. The molecule has 2 aromatic heterocycles. The van der Waals surface area contributed by atoms with Crippen LogP contribution in [-0.4, -0.2) is 46.7 Å². The van der Waals surface area contributed by atoms with Gasteiger partial charge >= 0.3 is 5.97 Å². The Morgan fingerprint density at radius 3 is 2.70 bits per heavy atom. The first kappa shape index (κ1) is 16.5. The number of halogens is 1. The molecule has 1 aliphatic rings. The number of rotatable bonds is 4. The van der Waals surface area contributed by atoms with Crippen LogP contribution >= 0.6 is 15.9 Å². The molecule has 5 nitrogen and oxygen atoms in total. The lowest BCUT2D eigenvalue weighted by molar-refractivity contribution is 0.0139. The predicted octanol–water partition coefficient (Wildman–Crippen LogP) is 3.49. The number of morpholine rings is 1. The number of hydrogen-bond acceptors (Lipinski definition) is 3. The lowest BCUT2D eigenvalue weighted by atomic mass is 9.98. The van der Waals surface area contributed by atoms with Crippen molar-refractivity contribution in [3.05, 3.63) is 39.6 Å². The van der Waals surface area contributed by atoms with Gasteiger partial charge < -0.3 is 14.2 Å². The van der Waals surface area contributed by atoms with E-state index in [1.165, 1.54) is 0 Å². The number of carbonyl (C=O) groups is 1. The van der Waals surface area contributed by atoms with Crippen molar-refractivity contribution < 1.29 is 14.6 Å². The molecule has 0 radical (unpaired) electrons. The van der Waals surface area contributed by atoms with Crippen LogP contribution in [0.3, 0.4) is 0 Å². The summed E-state index contributed by atoms with van der Waals surface area (Å²) in [4.78, 5) is 14.1. The molecule has 6 heteroatoms. The van der Waals surface area contributed by atoms with Crippen LogP contribution in [0.1, 0.15) is 41.0 Å². The Kier molecular flexibility index (Phi) is 4.75.